The van der Waals surface area contributed by atoms with Gasteiger partial charge in [0.2, 0.25) is 0 Å². The molecule has 0 saturated carbocycles. The minimum Gasteiger partial charge on any atom is -0.492 e. The molecule has 2 nitrogen and oxygen atoms in total. The van der Waals surface area contributed by atoms with Gasteiger partial charge in [0, 0.05) is 18.1 Å². The highest BCUT2D eigenvalue weighted by Crippen LogP contribution is 2.25. The Hall–Kier alpha value is -1.68. The monoisotopic (exact) mass is 336 g/mol. The Morgan fingerprint density at radius 1 is 1.15 bits per heavy atom. The maximum Gasteiger partial charge on any atom is 0.163 e. The fourth-order valence-electron chi connectivity index (χ4n) is 1.77. The van der Waals surface area contributed by atoms with E-state index >= 15 is 0 Å². The molecule has 4 heteroatoms. The molecule has 2 aromatic rings. The van der Waals surface area contributed by atoms with Crippen LogP contribution >= 0.6 is 15.9 Å². The lowest BCUT2D eigenvalue weighted by Gasteiger charge is -2.08. The largest absolute Gasteiger partial charge is 0.492 e. The summed E-state index contributed by atoms with van der Waals surface area (Å²) in [4.78, 5) is 11.9. The van der Waals surface area contributed by atoms with E-state index in [4.69, 9.17) is 4.74 Å². The topological polar surface area (TPSA) is 26.3 Å². The molecule has 0 amide bonds. The quantitative estimate of drug-likeness (QED) is 0.567. The molecule has 0 N–H and O–H groups in total. The number of carbonyl (C=O) groups excluding carboxylic acids is 1. The van der Waals surface area contributed by atoms with Crippen LogP contribution < -0.4 is 4.74 Å². The van der Waals surface area contributed by atoms with Gasteiger partial charge in [-0.3, -0.25) is 4.79 Å². The lowest BCUT2D eigenvalue weighted by Crippen LogP contribution is -2.04. The Labute approximate surface area is 125 Å². The van der Waals surface area contributed by atoms with Crippen molar-refractivity contribution in [3.8, 4) is 5.75 Å². The van der Waals surface area contributed by atoms with Crippen LogP contribution in [0.25, 0.3) is 0 Å². The van der Waals surface area contributed by atoms with Crippen LogP contribution in [0.1, 0.15) is 23.2 Å². The highest BCUT2D eigenvalue weighted by atomic mass is 79.9. The zero-order chi connectivity index (χ0) is 14.4. The summed E-state index contributed by atoms with van der Waals surface area (Å²) in [7, 11) is 0. The average Bonchev–Trinajstić information content (AvgIpc) is 2.47. The van der Waals surface area contributed by atoms with Gasteiger partial charge in [0.25, 0.3) is 0 Å². The number of ketones is 1. The van der Waals surface area contributed by atoms with Crippen molar-refractivity contribution in [2.24, 2.45) is 0 Å². The number of benzene rings is 2. The van der Waals surface area contributed by atoms with Gasteiger partial charge in [-0.05, 0) is 34.5 Å². The van der Waals surface area contributed by atoms with Crippen molar-refractivity contribution in [1.29, 1.82) is 0 Å². The van der Waals surface area contributed by atoms with Crippen molar-refractivity contribution >= 4 is 21.7 Å². The standard InChI is InChI=1S/C16H14BrFO2/c17-14-9-8-13(18)11-16(14)20-10-4-7-15(19)12-5-2-1-3-6-12/h1-3,5-6,8-9,11H,4,7,10H2. The molecule has 2 rings (SSSR count). The number of hydrogen-bond acceptors (Lipinski definition) is 2. The number of halogens is 2. The summed E-state index contributed by atoms with van der Waals surface area (Å²) in [6.45, 7) is 0.376. The first-order valence-corrected chi connectivity index (χ1v) is 7.12. The van der Waals surface area contributed by atoms with Crippen LogP contribution in [0.15, 0.2) is 53.0 Å². The first-order chi connectivity index (χ1) is 9.66. The van der Waals surface area contributed by atoms with Crippen molar-refractivity contribution in [3.05, 3.63) is 64.4 Å². The molecule has 0 aliphatic rings. The summed E-state index contributed by atoms with van der Waals surface area (Å²) in [6.07, 6.45) is 1.01. The van der Waals surface area contributed by atoms with Crippen LogP contribution in [0.3, 0.4) is 0 Å². The van der Waals surface area contributed by atoms with Crippen LogP contribution in [0, 0.1) is 5.82 Å². The Morgan fingerprint density at radius 3 is 2.65 bits per heavy atom. The van der Waals surface area contributed by atoms with Gasteiger partial charge in [-0.1, -0.05) is 30.3 Å². The van der Waals surface area contributed by atoms with Gasteiger partial charge >= 0.3 is 0 Å². The SMILES string of the molecule is O=C(CCCOc1cc(F)ccc1Br)c1ccccc1. The molecule has 0 saturated heterocycles. The highest BCUT2D eigenvalue weighted by molar-refractivity contribution is 9.10. The van der Waals surface area contributed by atoms with E-state index < -0.39 is 0 Å². The summed E-state index contributed by atoms with van der Waals surface area (Å²) >= 11 is 3.29. The lowest BCUT2D eigenvalue weighted by atomic mass is 10.1. The molecule has 0 bridgehead atoms. The fourth-order valence-corrected chi connectivity index (χ4v) is 2.13. The van der Waals surface area contributed by atoms with Crippen LogP contribution in [0.4, 0.5) is 4.39 Å². The number of hydrogen-bond donors (Lipinski definition) is 0. The Balaban J connectivity index is 1.79. The van der Waals surface area contributed by atoms with Gasteiger partial charge in [0.15, 0.2) is 5.78 Å². The van der Waals surface area contributed by atoms with E-state index in [0.717, 1.165) is 0 Å². The van der Waals surface area contributed by atoms with E-state index in [-0.39, 0.29) is 11.6 Å². The second-order valence-corrected chi connectivity index (χ2v) is 5.17. The van der Waals surface area contributed by atoms with Gasteiger partial charge < -0.3 is 4.74 Å². The van der Waals surface area contributed by atoms with Crippen LogP contribution in [0.2, 0.25) is 0 Å². The van der Waals surface area contributed by atoms with Crippen LogP contribution in [-0.2, 0) is 0 Å². The molecule has 0 radical (unpaired) electrons. The van der Waals surface area contributed by atoms with E-state index in [1.165, 1.54) is 12.1 Å². The fraction of sp³-hybridized carbons (Fsp3) is 0.188. The predicted molar refractivity (Wildman–Crippen MR) is 79.6 cm³/mol. The zero-order valence-electron chi connectivity index (χ0n) is 10.8. The molecule has 20 heavy (non-hydrogen) atoms. The van der Waals surface area contributed by atoms with Gasteiger partial charge in [0.1, 0.15) is 11.6 Å². The van der Waals surface area contributed by atoms with Crippen LogP contribution in [-0.4, -0.2) is 12.4 Å². The molecule has 0 aliphatic heterocycles. The van der Waals surface area contributed by atoms with Gasteiger partial charge in [-0.2, -0.15) is 0 Å². The summed E-state index contributed by atoms with van der Waals surface area (Å²) in [5.74, 6) is 0.202. The van der Waals surface area contributed by atoms with E-state index in [9.17, 15) is 9.18 Å². The smallest absolute Gasteiger partial charge is 0.163 e. The maximum absolute atomic E-state index is 13.1. The van der Waals surface area contributed by atoms with Crippen molar-refractivity contribution < 1.29 is 13.9 Å². The molecule has 104 valence electrons. The molecule has 0 atom stereocenters. The molecule has 0 unspecified atom stereocenters. The first-order valence-electron chi connectivity index (χ1n) is 6.33. The highest BCUT2D eigenvalue weighted by Gasteiger charge is 2.06. The molecule has 0 heterocycles. The summed E-state index contributed by atoms with van der Waals surface area (Å²) < 4.78 is 19.2. The van der Waals surface area contributed by atoms with Crippen molar-refractivity contribution in [3.63, 3.8) is 0 Å². The average molecular weight is 337 g/mol. The maximum atomic E-state index is 13.1. The normalized spacial score (nSPS) is 10.3. The zero-order valence-corrected chi connectivity index (χ0v) is 12.4. The Kier molecular flexibility index (Phi) is 5.30. The number of ether oxygens (including phenoxy) is 1. The molecule has 0 aliphatic carbocycles. The summed E-state index contributed by atoms with van der Waals surface area (Å²) in [6, 6.07) is 13.4. The van der Waals surface area contributed by atoms with Crippen LogP contribution in [0.5, 0.6) is 5.75 Å². The third-order valence-electron chi connectivity index (χ3n) is 2.79. The Morgan fingerprint density at radius 2 is 1.90 bits per heavy atom. The van der Waals surface area contributed by atoms with Gasteiger partial charge in [-0.25, -0.2) is 4.39 Å². The number of carbonyl (C=O) groups is 1. The van der Waals surface area contributed by atoms with Crippen molar-refractivity contribution in [1.82, 2.24) is 0 Å². The molecular weight excluding hydrogens is 323 g/mol. The predicted octanol–water partition coefficient (Wildman–Crippen LogP) is 4.63. The second-order valence-electron chi connectivity index (χ2n) is 4.32. The second kappa shape index (κ2) is 7.20. The minimum absolute atomic E-state index is 0.0903. The molecule has 2 aromatic carbocycles. The van der Waals surface area contributed by atoms with Crippen molar-refractivity contribution in [2.75, 3.05) is 6.61 Å². The summed E-state index contributed by atoms with van der Waals surface area (Å²) in [5.41, 5.74) is 0.708. The number of Topliss-reactive ketones (excluding diaryl/α,β-unsaturated/α-hetero) is 1. The third-order valence-corrected chi connectivity index (χ3v) is 3.45. The van der Waals surface area contributed by atoms with Gasteiger partial charge in [-0.15, -0.1) is 0 Å². The Bertz CT molecular complexity index is 584. The van der Waals surface area contributed by atoms with Crippen molar-refractivity contribution in [2.45, 2.75) is 12.8 Å². The minimum atomic E-state index is -0.344. The van der Waals surface area contributed by atoms with E-state index in [0.29, 0.717) is 35.2 Å². The molecule has 0 spiro atoms. The van der Waals surface area contributed by atoms with Gasteiger partial charge in [0.05, 0.1) is 11.1 Å². The van der Waals surface area contributed by atoms with E-state index in [1.807, 2.05) is 18.2 Å². The summed E-state index contributed by atoms with van der Waals surface area (Å²) in [5, 5.41) is 0. The number of rotatable bonds is 6. The van der Waals surface area contributed by atoms with E-state index in [2.05, 4.69) is 15.9 Å². The lowest BCUT2D eigenvalue weighted by molar-refractivity contribution is 0.0973. The third kappa shape index (κ3) is 4.17. The molecule has 0 fully saturated rings. The van der Waals surface area contributed by atoms with E-state index in [1.54, 1.807) is 18.2 Å². The first kappa shape index (κ1) is 14.7. The molecule has 0 aromatic heterocycles. The molecular formula is C16H14BrFO2.